The standard InChI is InChI=1S/C20H22N2O5/c21-18(23)11-17(19(24)26-13-15-7-3-1-4-8-15)12-22-20(25)27-14-16-9-5-2-6-10-16/h1-10,17H,11-14H2,(H2,21,23)(H,22,25)/t17-/m0/s1. The minimum absolute atomic E-state index is 0.0768. The van der Waals surface area contributed by atoms with Crippen molar-refractivity contribution in [2.75, 3.05) is 6.54 Å². The molecule has 0 saturated carbocycles. The third-order valence-corrected chi connectivity index (χ3v) is 3.71. The third kappa shape index (κ3) is 7.60. The summed E-state index contributed by atoms with van der Waals surface area (Å²) in [6, 6.07) is 18.3. The highest BCUT2D eigenvalue weighted by atomic mass is 16.5. The van der Waals surface area contributed by atoms with Crippen LogP contribution in [0.3, 0.4) is 0 Å². The first-order valence-corrected chi connectivity index (χ1v) is 8.48. The first-order chi connectivity index (χ1) is 13.0. The van der Waals surface area contributed by atoms with Crippen LogP contribution in [0.25, 0.3) is 0 Å². The van der Waals surface area contributed by atoms with Gasteiger partial charge in [0.05, 0.1) is 5.92 Å². The number of hydrogen-bond acceptors (Lipinski definition) is 5. The van der Waals surface area contributed by atoms with Crippen LogP contribution in [0.1, 0.15) is 17.5 Å². The number of hydrogen-bond donors (Lipinski definition) is 2. The van der Waals surface area contributed by atoms with Gasteiger partial charge in [-0.15, -0.1) is 0 Å². The number of nitrogens with two attached hydrogens (primary N) is 1. The quantitative estimate of drug-likeness (QED) is 0.658. The summed E-state index contributed by atoms with van der Waals surface area (Å²) in [5, 5.41) is 2.47. The van der Waals surface area contributed by atoms with E-state index in [1.54, 1.807) is 0 Å². The number of esters is 1. The van der Waals surface area contributed by atoms with E-state index in [0.29, 0.717) is 0 Å². The molecular formula is C20H22N2O5. The van der Waals surface area contributed by atoms with Crippen LogP contribution in [0, 0.1) is 5.92 Å². The molecule has 7 heteroatoms. The Morgan fingerprint density at radius 3 is 1.89 bits per heavy atom. The summed E-state index contributed by atoms with van der Waals surface area (Å²) < 4.78 is 10.3. The third-order valence-electron chi connectivity index (χ3n) is 3.71. The molecule has 27 heavy (non-hydrogen) atoms. The second kappa shape index (κ2) is 10.6. The Balaban J connectivity index is 1.81. The number of rotatable bonds is 9. The molecule has 0 fully saturated rings. The Kier molecular flexibility index (Phi) is 7.84. The number of amides is 2. The molecule has 0 aliphatic heterocycles. The smallest absolute Gasteiger partial charge is 0.407 e. The van der Waals surface area contributed by atoms with Gasteiger partial charge in [-0.1, -0.05) is 60.7 Å². The summed E-state index contributed by atoms with van der Waals surface area (Å²) in [6.45, 7) is 0.0726. The van der Waals surface area contributed by atoms with Crippen LogP contribution in [0.4, 0.5) is 4.79 Å². The average Bonchev–Trinajstić information content (AvgIpc) is 2.69. The van der Waals surface area contributed by atoms with Gasteiger partial charge in [0.15, 0.2) is 0 Å². The minimum Gasteiger partial charge on any atom is -0.461 e. The Bertz CT molecular complexity index is 749. The van der Waals surface area contributed by atoms with Crippen LogP contribution in [-0.4, -0.2) is 24.5 Å². The maximum absolute atomic E-state index is 12.2. The van der Waals surface area contributed by atoms with Gasteiger partial charge in [0.2, 0.25) is 5.91 Å². The maximum atomic E-state index is 12.2. The molecular weight excluding hydrogens is 348 g/mol. The predicted molar refractivity (Wildman–Crippen MR) is 98.2 cm³/mol. The van der Waals surface area contributed by atoms with Crippen molar-refractivity contribution in [3.05, 3.63) is 71.8 Å². The van der Waals surface area contributed by atoms with Gasteiger partial charge in [0, 0.05) is 13.0 Å². The monoisotopic (exact) mass is 370 g/mol. The SMILES string of the molecule is NC(=O)C[C@@H](CNC(=O)OCc1ccccc1)C(=O)OCc1ccccc1. The van der Waals surface area contributed by atoms with Gasteiger partial charge in [0.25, 0.3) is 0 Å². The molecule has 0 spiro atoms. The number of nitrogens with one attached hydrogen (secondary N) is 1. The molecule has 3 N–H and O–H groups in total. The summed E-state index contributed by atoms with van der Waals surface area (Å²) in [7, 11) is 0. The van der Waals surface area contributed by atoms with E-state index in [9.17, 15) is 14.4 Å². The molecule has 0 aromatic heterocycles. The molecule has 0 unspecified atom stereocenters. The topological polar surface area (TPSA) is 108 Å². The van der Waals surface area contributed by atoms with Gasteiger partial charge in [-0.05, 0) is 11.1 Å². The van der Waals surface area contributed by atoms with E-state index in [2.05, 4.69) is 5.32 Å². The molecule has 142 valence electrons. The van der Waals surface area contributed by atoms with Crippen molar-refractivity contribution in [2.24, 2.45) is 11.7 Å². The first-order valence-electron chi connectivity index (χ1n) is 8.48. The van der Waals surface area contributed by atoms with Gasteiger partial charge in [-0.25, -0.2) is 4.79 Å². The molecule has 0 heterocycles. The van der Waals surface area contributed by atoms with E-state index >= 15 is 0 Å². The number of carbonyl (C=O) groups excluding carboxylic acids is 3. The van der Waals surface area contributed by atoms with Gasteiger partial charge in [0.1, 0.15) is 13.2 Å². The van der Waals surface area contributed by atoms with Crippen LogP contribution in [-0.2, 0) is 32.3 Å². The lowest BCUT2D eigenvalue weighted by molar-refractivity contribution is -0.151. The van der Waals surface area contributed by atoms with Gasteiger partial charge < -0.3 is 20.5 Å². The van der Waals surface area contributed by atoms with E-state index in [1.165, 1.54) is 0 Å². The number of alkyl carbamates (subject to hydrolysis) is 1. The zero-order chi connectivity index (χ0) is 19.5. The fourth-order valence-corrected chi connectivity index (χ4v) is 2.31. The maximum Gasteiger partial charge on any atom is 0.407 e. The van der Waals surface area contributed by atoms with Crippen molar-refractivity contribution in [3.8, 4) is 0 Å². The minimum atomic E-state index is -0.879. The van der Waals surface area contributed by atoms with Crippen LogP contribution >= 0.6 is 0 Å². The Hall–Kier alpha value is -3.35. The molecule has 2 rings (SSSR count). The van der Waals surface area contributed by atoms with E-state index in [0.717, 1.165) is 11.1 Å². The predicted octanol–water partition coefficient (Wildman–Crippen LogP) is 2.15. The molecule has 2 aromatic carbocycles. The first kappa shape index (κ1) is 20.0. The zero-order valence-electron chi connectivity index (χ0n) is 14.8. The van der Waals surface area contributed by atoms with Crippen LogP contribution in [0.2, 0.25) is 0 Å². The van der Waals surface area contributed by atoms with Crippen molar-refractivity contribution in [1.82, 2.24) is 5.32 Å². The molecule has 0 aliphatic carbocycles. The molecule has 7 nitrogen and oxygen atoms in total. The Labute approximate surface area is 157 Å². The van der Waals surface area contributed by atoms with E-state index in [1.807, 2.05) is 60.7 Å². The summed E-state index contributed by atoms with van der Waals surface area (Å²) in [5.41, 5.74) is 6.84. The van der Waals surface area contributed by atoms with Crippen molar-refractivity contribution >= 4 is 18.0 Å². The van der Waals surface area contributed by atoms with Crippen molar-refractivity contribution < 1.29 is 23.9 Å². The average molecular weight is 370 g/mol. The Morgan fingerprint density at radius 1 is 0.852 bits per heavy atom. The highest BCUT2D eigenvalue weighted by molar-refractivity contribution is 5.82. The summed E-state index contributed by atoms with van der Waals surface area (Å²) in [4.78, 5) is 35.2. The molecule has 2 amide bonds. The molecule has 0 saturated heterocycles. The van der Waals surface area contributed by atoms with E-state index < -0.39 is 23.9 Å². The van der Waals surface area contributed by atoms with Gasteiger partial charge in [-0.3, -0.25) is 9.59 Å². The fraction of sp³-hybridized carbons (Fsp3) is 0.250. The normalized spacial score (nSPS) is 11.3. The zero-order valence-corrected chi connectivity index (χ0v) is 14.8. The fourth-order valence-electron chi connectivity index (χ4n) is 2.31. The lowest BCUT2D eigenvalue weighted by atomic mass is 10.1. The number of primary amides is 1. The van der Waals surface area contributed by atoms with E-state index in [-0.39, 0.29) is 26.2 Å². The highest BCUT2D eigenvalue weighted by Gasteiger charge is 2.23. The van der Waals surface area contributed by atoms with Gasteiger partial charge in [-0.2, -0.15) is 0 Å². The lowest BCUT2D eigenvalue weighted by Crippen LogP contribution is -2.36. The molecule has 0 aliphatic rings. The molecule has 0 radical (unpaired) electrons. The lowest BCUT2D eigenvalue weighted by Gasteiger charge is -2.15. The van der Waals surface area contributed by atoms with Crippen LogP contribution in [0.5, 0.6) is 0 Å². The largest absolute Gasteiger partial charge is 0.461 e. The van der Waals surface area contributed by atoms with E-state index in [4.69, 9.17) is 15.2 Å². The summed E-state index contributed by atoms with van der Waals surface area (Å²) >= 11 is 0. The molecule has 2 aromatic rings. The van der Waals surface area contributed by atoms with Crippen molar-refractivity contribution in [3.63, 3.8) is 0 Å². The van der Waals surface area contributed by atoms with Crippen LogP contribution < -0.4 is 11.1 Å². The number of carbonyl (C=O) groups is 3. The number of ether oxygens (including phenoxy) is 2. The summed E-state index contributed by atoms with van der Waals surface area (Å²) in [6.07, 6.45) is -0.920. The van der Waals surface area contributed by atoms with Crippen LogP contribution in [0.15, 0.2) is 60.7 Å². The second-order valence-electron chi connectivity index (χ2n) is 5.90. The number of benzene rings is 2. The van der Waals surface area contributed by atoms with Gasteiger partial charge >= 0.3 is 12.1 Å². The van der Waals surface area contributed by atoms with Crippen molar-refractivity contribution in [1.29, 1.82) is 0 Å². The Morgan fingerprint density at radius 2 is 1.37 bits per heavy atom. The second-order valence-corrected chi connectivity index (χ2v) is 5.90. The summed E-state index contributed by atoms with van der Waals surface area (Å²) in [5.74, 6) is -2.15. The molecule has 1 atom stereocenters. The highest BCUT2D eigenvalue weighted by Crippen LogP contribution is 2.09. The molecule has 0 bridgehead atoms. The van der Waals surface area contributed by atoms with Crippen molar-refractivity contribution in [2.45, 2.75) is 19.6 Å².